The van der Waals surface area contributed by atoms with Crippen molar-refractivity contribution in [2.24, 2.45) is 10.7 Å². The number of benzene rings is 3. The number of nitrogens with one attached hydrogen (secondary N) is 3. The topological polar surface area (TPSA) is 112 Å². The molecule has 3 aromatic rings. The number of aliphatic imine (C=N–C) groups is 1. The van der Waals surface area contributed by atoms with Crippen molar-refractivity contribution in [1.82, 2.24) is 20.9 Å². The lowest BCUT2D eigenvalue weighted by Crippen LogP contribution is -2.49. The number of amides is 2. The van der Waals surface area contributed by atoms with Gasteiger partial charge in [0.25, 0.3) is 5.91 Å². The van der Waals surface area contributed by atoms with Crippen LogP contribution in [0, 0.1) is 0 Å². The summed E-state index contributed by atoms with van der Waals surface area (Å²) in [5.74, 6) is 0.0454. The maximum atomic E-state index is 13.9. The Balaban J connectivity index is 1.44. The molecule has 0 radical (unpaired) electrons. The van der Waals surface area contributed by atoms with Crippen LogP contribution in [0.1, 0.15) is 60.5 Å². The normalized spacial score (nSPS) is 17.9. The summed E-state index contributed by atoms with van der Waals surface area (Å²) in [6, 6.07) is 27.7. The Kier molecular flexibility index (Phi) is 12.3. The van der Waals surface area contributed by atoms with E-state index in [-0.39, 0.29) is 29.8 Å². The zero-order valence-corrected chi connectivity index (χ0v) is 26.1. The predicted molar refractivity (Wildman–Crippen MR) is 179 cm³/mol. The summed E-state index contributed by atoms with van der Waals surface area (Å²) < 4.78 is 0. The van der Waals surface area contributed by atoms with E-state index < -0.39 is 0 Å². The summed E-state index contributed by atoms with van der Waals surface area (Å²) in [5, 5.41) is 9.87. The monoisotopic (exact) mass is 594 g/mol. The van der Waals surface area contributed by atoms with Gasteiger partial charge in [0.1, 0.15) is 0 Å². The highest BCUT2D eigenvalue weighted by molar-refractivity contribution is 5.96. The summed E-state index contributed by atoms with van der Waals surface area (Å²) in [6.45, 7) is 6.20. The van der Waals surface area contributed by atoms with Gasteiger partial charge in [-0.05, 0) is 88.2 Å². The lowest BCUT2D eigenvalue weighted by molar-refractivity contribution is -0.133. The molecule has 44 heavy (non-hydrogen) atoms. The first-order valence-electron chi connectivity index (χ1n) is 15.5. The molecule has 1 aliphatic heterocycles. The van der Waals surface area contributed by atoms with Crippen LogP contribution in [-0.2, 0) is 4.79 Å². The van der Waals surface area contributed by atoms with Crippen LogP contribution in [-0.4, -0.2) is 67.7 Å². The van der Waals surface area contributed by atoms with E-state index in [0.717, 1.165) is 37.2 Å². The van der Waals surface area contributed by atoms with Crippen molar-refractivity contribution in [3.05, 3.63) is 113 Å². The van der Waals surface area contributed by atoms with Crippen molar-refractivity contribution < 1.29 is 9.59 Å². The molecule has 4 rings (SSSR count). The highest BCUT2D eigenvalue weighted by Crippen LogP contribution is 2.27. The first-order valence-corrected chi connectivity index (χ1v) is 15.5. The average Bonchev–Trinajstić information content (AvgIpc) is 3.17. The number of carbonyl (C=O) groups excluding carboxylic acids is 2. The Hall–Kier alpha value is -4.27. The van der Waals surface area contributed by atoms with E-state index in [1.165, 1.54) is 11.1 Å². The molecule has 8 nitrogen and oxygen atoms in total. The minimum atomic E-state index is -0.313. The van der Waals surface area contributed by atoms with Gasteiger partial charge in [-0.15, -0.1) is 0 Å². The Morgan fingerprint density at radius 3 is 2.25 bits per heavy atom. The quantitative estimate of drug-likeness (QED) is 0.168. The molecular formula is C36H46N6O2. The van der Waals surface area contributed by atoms with E-state index in [9.17, 15) is 9.59 Å². The van der Waals surface area contributed by atoms with Gasteiger partial charge >= 0.3 is 0 Å². The third-order valence-corrected chi connectivity index (χ3v) is 7.90. The molecule has 5 N–H and O–H groups in total. The van der Waals surface area contributed by atoms with Crippen molar-refractivity contribution in [1.29, 1.82) is 0 Å². The summed E-state index contributed by atoms with van der Waals surface area (Å²) in [7, 11) is 1.93. The van der Waals surface area contributed by atoms with Crippen LogP contribution in [0.2, 0.25) is 0 Å². The highest BCUT2D eigenvalue weighted by Gasteiger charge is 2.32. The van der Waals surface area contributed by atoms with Gasteiger partial charge in [0.05, 0.1) is 11.7 Å². The number of carbonyl (C=O) groups is 2. The van der Waals surface area contributed by atoms with E-state index in [0.29, 0.717) is 30.9 Å². The van der Waals surface area contributed by atoms with Gasteiger partial charge in [0.2, 0.25) is 5.91 Å². The van der Waals surface area contributed by atoms with Crippen LogP contribution < -0.4 is 21.7 Å². The largest absolute Gasteiger partial charge is 0.402 e. The minimum Gasteiger partial charge on any atom is -0.402 e. The van der Waals surface area contributed by atoms with Crippen LogP contribution in [0.15, 0.2) is 102 Å². The van der Waals surface area contributed by atoms with Crippen molar-refractivity contribution in [2.75, 3.05) is 33.2 Å². The molecule has 1 saturated heterocycles. The maximum absolute atomic E-state index is 13.9. The average molecular weight is 595 g/mol. The van der Waals surface area contributed by atoms with Gasteiger partial charge < -0.3 is 26.6 Å². The summed E-state index contributed by atoms with van der Waals surface area (Å²) in [6.07, 6.45) is 4.15. The first kappa shape index (κ1) is 32.6. The van der Waals surface area contributed by atoms with Gasteiger partial charge in [-0.2, -0.15) is 0 Å². The molecule has 2 unspecified atom stereocenters. The molecule has 232 valence electrons. The molecule has 8 heteroatoms. The molecule has 1 aliphatic rings. The van der Waals surface area contributed by atoms with Crippen molar-refractivity contribution >= 4 is 23.2 Å². The molecule has 2 atom stereocenters. The molecule has 0 saturated carbocycles. The zero-order chi connectivity index (χ0) is 31.3. The summed E-state index contributed by atoms with van der Waals surface area (Å²) in [5.41, 5.74) is 10.9. The van der Waals surface area contributed by atoms with Gasteiger partial charge in [0, 0.05) is 48.6 Å². The molecule has 1 heterocycles. The number of nitrogens with two attached hydrogens (primary N) is 1. The second kappa shape index (κ2) is 16.5. The maximum Gasteiger partial charge on any atom is 0.251 e. The SMILES string of the molecule is CNCCCC1NC(CNC(=O)c2ccc(N=C(C)C=C(C)N)cc2)CCN(CC(c2ccccc2)c2ccccc2)C1=O. The highest BCUT2D eigenvalue weighted by atomic mass is 16.2. The third kappa shape index (κ3) is 9.62. The van der Waals surface area contributed by atoms with E-state index in [2.05, 4.69) is 69.5 Å². The smallest absolute Gasteiger partial charge is 0.251 e. The van der Waals surface area contributed by atoms with Crippen LogP contribution in [0.25, 0.3) is 0 Å². The van der Waals surface area contributed by atoms with Crippen LogP contribution in [0.3, 0.4) is 0 Å². The number of rotatable bonds is 13. The standard InChI is InChI=1S/C36H46N6O2/c1-26(37)23-27(2)40-31-18-16-30(17-19-31)35(43)39-24-32-20-22-42(36(44)34(41-32)15-10-21-38-3)25-33(28-11-6-4-7-12-28)29-13-8-5-9-14-29/h4-9,11-14,16-19,23,32-34,38,41H,10,15,20-22,24-25,37H2,1-3H3,(H,39,43). The number of allylic oxidation sites excluding steroid dienone is 2. The molecule has 0 bridgehead atoms. The van der Waals surface area contributed by atoms with Crippen molar-refractivity contribution in [3.63, 3.8) is 0 Å². The molecule has 0 aromatic heterocycles. The van der Waals surface area contributed by atoms with Gasteiger partial charge in [0.15, 0.2) is 0 Å². The van der Waals surface area contributed by atoms with Crippen molar-refractivity contribution in [3.8, 4) is 0 Å². The van der Waals surface area contributed by atoms with E-state index in [1.807, 2.05) is 56.1 Å². The third-order valence-electron chi connectivity index (χ3n) is 7.90. The lowest BCUT2D eigenvalue weighted by atomic mass is 9.90. The van der Waals surface area contributed by atoms with E-state index in [4.69, 9.17) is 5.73 Å². The Morgan fingerprint density at radius 1 is 1.02 bits per heavy atom. The van der Waals surface area contributed by atoms with Crippen LogP contribution in [0.4, 0.5) is 5.69 Å². The zero-order valence-electron chi connectivity index (χ0n) is 26.1. The summed E-state index contributed by atoms with van der Waals surface area (Å²) >= 11 is 0. The Labute approximate surface area is 261 Å². The van der Waals surface area contributed by atoms with Gasteiger partial charge in [-0.25, -0.2) is 0 Å². The van der Waals surface area contributed by atoms with E-state index in [1.54, 1.807) is 12.1 Å². The number of hydrogen-bond acceptors (Lipinski definition) is 6. The molecule has 2 amide bonds. The van der Waals surface area contributed by atoms with Crippen molar-refractivity contribution in [2.45, 2.75) is 51.1 Å². The fraction of sp³-hybridized carbons (Fsp3) is 0.361. The molecule has 1 fully saturated rings. The predicted octanol–water partition coefficient (Wildman–Crippen LogP) is 4.76. The fourth-order valence-electron chi connectivity index (χ4n) is 5.68. The molecule has 3 aromatic carbocycles. The molecule has 0 spiro atoms. The fourth-order valence-corrected chi connectivity index (χ4v) is 5.68. The number of nitrogens with zero attached hydrogens (tertiary/aromatic N) is 2. The summed E-state index contributed by atoms with van der Waals surface area (Å²) in [4.78, 5) is 33.5. The molecule has 0 aliphatic carbocycles. The lowest BCUT2D eigenvalue weighted by Gasteiger charge is -2.29. The van der Waals surface area contributed by atoms with Gasteiger partial charge in [-0.1, -0.05) is 60.7 Å². The second-order valence-electron chi connectivity index (χ2n) is 11.5. The van der Waals surface area contributed by atoms with Crippen LogP contribution in [0.5, 0.6) is 0 Å². The second-order valence-corrected chi connectivity index (χ2v) is 11.5. The van der Waals surface area contributed by atoms with Crippen LogP contribution >= 0.6 is 0 Å². The first-order chi connectivity index (χ1) is 21.3. The van der Waals surface area contributed by atoms with Gasteiger partial charge in [-0.3, -0.25) is 14.6 Å². The minimum absolute atomic E-state index is 0.0304. The van der Waals surface area contributed by atoms with E-state index >= 15 is 0 Å². The molecular weight excluding hydrogens is 548 g/mol. The number of hydrogen-bond donors (Lipinski definition) is 4. The Morgan fingerprint density at radius 2 is 1.66 bits per heavy atom. The Bertz CT molecular complexity index is 1360.